The van der Waals surface area contributed by atoms with E-state index >= 15 is 4.39 Å². The van der Waals surface area contributed by atoms with Crippen molar-refractivity contribution in [2.75, 3.05) is 0 Å². The Bertz CT molecular complexity index is 948. The van der Waals surface area contributed by atoms with Crippen molar-refractivity contribution in [1.29, 1.82) is 0 Å². The molecule has 3 rings (SSSR count). The third-order valence-corrected chi connectivity index (χ3v) is 10.6. The number of hydrogen-bond acceptors (Lipinski definition) is 1. The minimum atomic E-state index is -7.28. The molecule has 2 aromatic rings. The van der Waals surface area contributed by atoms with Gasteiger partial charge in [-0.3, -0.25) is 0 Å². The van der Waals surface area contributed by atoms with Crippen LogP contribution >= 0.6 is 6.04 Å². The highest BCUT2D eigenvalue weighted by molar-refractivity contribution is 8.22. The highest BCUT2D eigenvalue weighted by Gasteiger charge is 3.03. The van der Waals surface area contributed by atoms with Crippen molar-refractivity contribution in [1.82, 2.24) is 0 Å². The van der Waals surface area contributed by atoms with Gasteiger partial charge in [0.1, 0.15) is 0 Å². The predicted octanol–water partition coefficient (Wildman–Crippen LogP) is 5.97. The molecule has 0 nitrogen and oxygen atoms in total. The molecule has 13 heteroatoms. The van der Waals surface area contributed by atoms with E-state index in [2.05, 4.69) is 0 Å². The molecule has 170 valence electrons. The maximum Gasteiger partial charge on any atom is 0.384 e. The summed E-state index contributed by atoms with van der Waals surface area (Å²) in [5.41, 5.74) is 0. The van der Waals surface area contributed by atoms with Gasteiger partial charge < -0.3 is 0 Å². The summed E-state index contributed by atoms with van der Waals surface area (Å²) in [6.07, 6.45) is 0. The van der Waals surface area contributed by atoms with Gasteiger partial charge in [-0.15, -0.1) is 0 Å². The number of alkyl halides is 11. The molecule has 0 amide bonds. The van der Waals surface area contributed by atoms with Crippen LogP contribution in [0.4, 0.5) is 48.3 Å². The zero-order valence-corrected chi connectivity index (χ0v) is 16.5. The van der Waals surface area contributed by atoms with E-state index in [1.54, 1.807) is 0 Å². The molecular weight excluding hydrogens is 488 g/mol. The minimum Gasteiger partial charge on any atom is -0.223 e. The maximum absolute atomic E-state index is 16.0. The Morgan fingerprint density at radius 2 is 0.710 bits per heavy atom. The van der Waals surface area contributed by atoms with Gasteiger partial charge in [0.2, 0.25) is 0 Å². The van der Waals surface area contributed by atoms with Crippen molar-refractivity contribution in [3.05, 3.63) is 60.7 Å². The van der Waals surface area contributed by atoms with Crippen LogP contribution in [0.1, 0.15) is 0 Å². The van der Waals surface area contributed by atoms with Crippen molar-refractivity contribution in [2.24, 2.45) is 0 Å². The Labute approximate surface area is 173 Å². The summed E-state index contributed by atoms with van der Waals surface area (Å²) in [7, 11) is 0. The summed E-state index contributed by atoms with van der Waals surface area (Å²) < 4.78 is 159. The average molecular weight is 498 g/mol. The summed E-state index contributed by atoms with van der Waals surface area (Å²) in [6, 6.07) is 3.53. The second-order valence-corrected chi connectivity index (χ2v) is 11.3. The van der Waals surface area contributed by atoms with Crippen LogP contribution in [-0.4, -0.2) is 35.0 Å². The van der Waals surface area contributed by atoms with Crippen molar-refractivity contribution < 1.29 is 48.3 Å². The molecule has 1 saturated carbocycles. The Morgan fingerprint density at radius 3 is 1.00 bits per heavy atom. The van der Waals surface area contributed by atoms with Crippen molar-refractivity contribution in [3.63, 3.8) is 0 Å². The van der Waals surface area contributed by atoms with E-state index in [-0.39, 0.29) is 0 Å². The monoisotopic (exact) mass is 498 g/mol. The number of rotatable bonds is 3. The molecule has 0 aromatic heterocycles. The summed E-state index contributed by atoms with van der Waals surface area (Å²) >= 11 is 4.81. The first-order valence-electron chi connectivity index (χ1n) is 8.25. The van der Waals surface area contributed by atoms with Crippen LogP contribution in [-0.2, 0) is 11.8 Å². The molecule has 0 N–H and O–H groups in total. The van der Waals surface area contributed by atoms with Gasteiger partial charge in [0.05, 0.1) is 6.04 Å². The lowest BCUT2D eigenvalue weighted by atomic mass is 9.80. The van der Waals surface area contributed by atoms with Crippen LogP contribution in [0.3, 0.4) is 0 Å². The molecule has 0 radical (unpaired) electrons. The van der Waals surface area contributed by atoms with E-state index in [1.807, 2.05) is 0 Å². The SMILES string of the molecule is FC1(F)C(F)(F)C(F)(F)C(F)(P(=S)(c2ccccc2)c2ccccc2)C(F)(F)C1(F)F. The molecule has 0 aliphatic heterocycles. The molecular formula is C18H10F11PS. The minimum absolute atomic E-state index is 0.713. The number of halogens is 11. The molecule has 31 heavy (non-hydrogen) atoms. The van der Waals surface area contributed by atoms with E-state index in [0.717, 1.165) is 24.3 Å². The van der Waals surface area contributed by atoms with Crippen LogP contribution in [0.15, 0.2) is 60.7 Å². The maximum atomic E-state index is 16.0. The second kappa shape index (κ2) is 6.66. The van der Waals surface area contributed by atoms with Gasteiger partial charge in [0.25, 0.3) is 5.41 Å². The number of benzene rings is 2. The van der Waals surface area contributed by atoms with E-state index in [4.69, 9.17) is 11.8 Å². The molecule has 0 spiro atoms. The van der Waals surface area contributed by atoms with Crippen molar-refractivity contribution >= 4 is 28.5 Å². The molecule has 0 saturated heterocycles. The molecule has 0 unspecified atom stereocenters. The lowest BCUT2D eigenvalue weighted by Crippen LogP contribution is -2.84. The molecule has 1 aliphatic rings. The fourth-order valence-electron chi connectivity index (χ4n) is 3.38. The third kappa shape index (κ3) is 2.46. The molecule has 2 aromatic carbocycles. The normalized spacial score (nSPS) is 25.0. The molecule has 0 bridgehead atoms. The molecule has 1 fully saturated rings. The van der Waals surface area contributed by atoms with E-state index in [0.29, 0.717) is 24.3 Å². The standard InChI is InChI=1S/C18H10F11PS/c19-13(20)14(21,22)16(25,26)18(29,17(27,28)15(13,23)24)30(31,11-7-3-1-4-8-11)12-9-5-2-6-10-12/h1-10H. The van der Waals surface area contributed by atoms with E-state index < -0.39 is 51.7 Å². The zero-order valence-electron chi connectivity index (χ0n) is 14.8. The van der Waals surface area contributed by atoms with Gasteiger partial charge in [-0.2, -0.15) is 43.9 Å². The van der Waals surface area contributed by atoms with Gasteiger partial charge >= 0.3 is 29.6 Å². The first kappa shape index (κ1) is 24.0. The third-order valence-electron chi connectivity index (χ3n) is 5.08. The molecule has 1 aliphatic carbocycles. The summed E-state index contributed by atoms with van der Waals surface area (Å²) in [5.74, 6) is -35.7. The fraction of sp³-hybridized carbons (Fsp3) is 0.333. The van der Waals surface area contributed by atoms with Crippen LogP contribution in [0.25, 0.3) is 0 Å². The summed E-state index contributed by atoms with van der Waals surface area (Å²) in [6.45, 7) is 0. The highest BCUT2D eigenvalue weighted by atomic mass is 32.4. The Kier molecular flexibility index (Phi) is 5.15. The van der Waals surface area contributed by atoms with Crippen LogP contribution < -0.4 is 10.6 Å². The molecule has 0 atom stereocenters. The Hall–Kier alpha value is -1.68. The molecule has 0 heterocycles. The van der Waals surface area contributed by atoms with Crippen molar-refractivity contribution in [2.45, 2.75) is 35.0 Å². The summed E-state index contributed by atoms with van der Waals surface area (Å²) in [4.78, 5) is 0. The highest BCUT2D eigenvalue weighted by Crippen LogP contribution is 2.79. The predicted molar refractivity (Wildman–Crippen MR) is 95.0 cm³/mol. The van der Waals surface area contributed by atoms with Gasteiger partial charge in [0, 0.05) is 0 Å². The first-order chi connectivity index (χ1) is 14.0. The van der Waals surface area contributed by atoms with Gasteiger partial charge in [0.15, 0.2) is 0 Å². The fourth-order valence-corrected chi connectivity index (χ4v) is 8.06. The van der Waals surface area contributed by atoms with E-state index in [1.165, 1.54) is 12.1 Å². The topological polar surface area (TPSA) is 0 Å². The van der Waals surface area contributed by atoms with E-state index in [9.17, 15) is 43.9 Å². The number of hydrogen-bond donors (Lipinski definition) is 0. The van der Waals surface area contributed by atoms with Crippen LogP contribution in [0, 0.1) is 0 Å². The van der Waals surface area contributed by atoms with Crippen LogP contribution in [0.5, 0.6) is 0 Å². The smallest absolute Gasteiger partial charge is 0.223 e. The first-order valence-corrected chi connectivity index (χ1v) is 11.1. The average Bonchev–Trinajstić information content (AvgIpc) is 2.72. The Morgan fingerprint density at radius 1 is 0.452 bits per heavy atom. The quantitative estimate of drug-likeness (QED) is 0.371. The van der Waals surface area contributed by atoms with Crippen molar-refractivity contribution in [3.8, 4) is 0 Å². The van der Waals surface area contributed by atoms with Gasteiger partial charge in [-0.05, 0) is 10.6 Å². The van der Waals surface area contributed by atoms with Crippen LogP contribution in [0.2, 0.25) is 0 Å². The Balaban J connectivity index is 2.55. The lowest BCUT2D eigenvalue weighted by Gasteiger charge is -2.55. The van der Waals surface area contributed by atoms with Gasteiger partial charge in [-0.25, -0.2) is 4.39 Å². The van der Waals surface area contributed by atoms with Gasteiger partial charge in [-0.1, -0.05) is 72.5 Å². The second-order valence-electron chi connectivity index (χ2n) is 6.77. The summed E-state index contributed by atoms with van der Waals surface area (Å²) in [5, 5.41) is -8.08. The zero-order chi connectivity index (χ0) is 23.7. The lowest BCUT2D eigenvalue weighted by molar-refractivity contribution is -0.469. The largest absolute Gasteiger partial charge is 0.384 e.